The zero-order chi connectivity index (χ0) is 19.9. The number of benzene rings is 1. The number of nitrogen functional groups attached to an aromatic ring is 1. The fourth-order valence-corrected chi connectivity index (χ4v) is 3.66. The molecule has 1 amide bonds. The maximum atomic E-state index is 13.0. The Kier molecular flexibility index (Phi) is 4.48. The van der Waals surface area contributed by atoms with E-state index in [1.165, 1.54) is 6.33 Å². The Morgan fingerprint density at radius 1 is 1.29 bits per heavy atom. The molecule has 9 heteroatoms. The minimum Gasteiger partial charge on any atom is -0.388 e. The van der Waals surface area contributed by atoms with Crippen molar-refractivity contribution in [3.05, 3.63) is 48.0 Å². The predicted molar refractivity (Wildman–Crippen MR) is 104 cm³/mol. The van der Waals surface area contributed by atoms with E-state index in [0.29, 0.717) is 42.8 Å². The van der Waals surface area contributed by atoms with Gasteiger partial charge in [-0.1, -0.05) is 12.1 Å². The van der Waals surface area contributed by atoms with Crippen LogP contribution in [0.5, 0.6) is 0 Å². The van der Waals surface area contributed by atoms with Crippen LogP contribution in [0.2, 0.25) is 0 Å². The summed E-state index contributed by atoms with van der Waals surface area (Å²) in [5.74, 6) is 0.203. The van der Waals surface area contributed by atoms with Crippen LogP contribution in [0, 0.1) is 0 Å². The summed E-state index contributed by atoms with van der Waals surface area (Å²) in [5, 5.41) is 11.0. The van der Waals surface area contributed by atoms with E-state index in [-0.39, 0.29) is 11.7 Å². The molecule has 146 valence electrons. The molecule has 0 spiro atoms. The van der Waals surface area contributed by atoms with Crippen LogP contribution in [0.3, 0.4) is 0 Å². The van der Waals surface area contributed by atoms with Gasteiger partial charge in [-0.25, -0.2) is 15.0 Å². The van der Waals surface area contributed by atoms with Crippen LogP contribution < -0.4 is 11.5 Å². The third-order valence-corrected chi connectivity index (χ3v) is 5.45. The summed E-state index contributed by atoms with van der Waals surface area (Å²) in [6.07, 6.45) is 3.40. The lowest BCUT2D eigenvalue weighted by atomic mass is 9.87. The fraction of sp³-hybridized carbons (Fsp3) is 0.368. The van der Waals surface area contributed by atoms with Crippen LogP contribution >= 0.6 is 0 Å². The minimum atomic E-state index is -1.02. The average Bonchev–Trinajstić information content (AvgIpc) is 3.12. The van der Waals surface area contributed by atoms with Gasteiger partial charge < -0.3 is 26.0 Å². The topological polar surface area (TPSA) is 136 Å². The van der Waals surface area contributed by atoms with Crippen molar-refractivity contribution in [2.45, 2.75) is 31.5 Å². The second kappa shape index (κ2) is 6.84. The number of piperidine rings is 1. The predicted octanol–water partition coefficient (Wildman–Crippen LogP) is 0.705. The first-order valence-corrected chi connectivity index (χ1v) is 9.14. The molecular weight excluding hydrogens is 358 g/mol. The summed E-state index contributed by atoms with van der Waals surface area (Å²) >= 11 is 0. The van der Waals surface area contributed by atoms with E-state index in [2.05, 4.69) is 15.0 Å². The van der Waals surface area contributed by atoms with Gasteiger partial charge in [0.2, 0.25) is 0 Å². The van der Waals surface area contributed by atoms with Crippen molar-refractivity contribution in [3.63, 3.8) is 0 Å². The Morgan fingerprint density at radius 3 is 2.75 bits per heavy atom. The molecule has 0 radical (unpaired) electrons. The highest BCUT2D eigenvalue weighted by atomic mass is 16.3. The molecule has 1 saturated heterocycles. The second-order valence-electron chi connectivity index (χ2n) is 7.36. The van der Waals surface area contributed by atoms with Crippen molar-refractivity contribution in [1.82, 2.24) is 24.4 Å². The van der Waals surface area contributed by atoms with E-state index in [0.717, 1.165) is 5.56 Å². The number of aliphatic hydroxyl groups is 1. The molecule has 1 aliphatic rings. The molecule has 3 aromatic rings. The number of hydrogen-bond acceptors (Lipinski definition) is 7. The number of hydrogen-bond donors (Lipinski definition) is 3. The zero-order valence-electron chi connectivity index (χ0n) is 15.6. The Bertz CT molecular complexity index is 1010. The average molecular weight is 381 g/mol. The zero-order valence-corrected chi connectivity index (χ0v) is 15.6. The number of amides is 1. The van der Waals surface area contributed by atoms with Crippen LogP contribution in [0.25, 0.3) is 11.2 Å². The Labute approximate surface area is 162 Å². The van der Waals surface area contributed by atoms with Gasteiger partial charge in [-0.3, -0.25) is 4.79 Å². The number of fused-ring (bicyclic) bond motifs is 1. The van der Waals surface area contributed by atoms with Crippen LogP contribution in [-0.4, -0.2) is 54.1 Å². The van der Waals surface area contributed by atoms with Crippen molar-refractivity contribution >= 4 is 22.9 Å². The van der Waals surface area contributed by atoms with E-state index >= 15 is 0 Å². The third-order valence-electron chi connectivity index (χ3n) is 5.45. The highest BCUT2D eigenvalue weighted by Crippen LogP contribution is 2.34. The molecule has 0 aliphatic carbocycles. The standard InChI is InChI=1S/C19H23N7O2/c1-19(28)6-7-25(18(27)13-4-2-12(8-20)3-5-13)9-14(19)26-11-24-15-16(21)22-10-23-17(15)26/h2-5,10-11,14,28H,6-9,20H2,1H3,(H2,21,22,23)/t14-,19-/m1/s1. The van der Waals surface area contributed by atoms with Crippen molar-refractivity contribution in [3.8, 4) is 0 Å². The lowest BCUT2D eigenvalue weighted by molar-refractivity contribution is -0.0433. The van der Waals surface area contributed by atoms with Gasteiger partial charge in [-0.15, -0.1) is 0 Å². The minimum absolute atomic E-state index is 0.0809. The Hall–Kier alpha value is -3.04. The molecule has 9 nitrogen and oxygen atoms in total. The van der Waals surface area contributed by atoms with Crippen LogP contribution in [0.4, 0.5) is 5.82 Å². The van der Waals surface area contributed by atoms with Gasteiger partial charge in [0.05, 0.1) is 18.0 Å². The van der Waals surface area contributed by atoms with E-state index in [4.69, 9.17) is 11.5 Å². The van der Waals surface area contributed by atoms with Gasteiger partial charge >= 0.3 is 0 Å². The lowest BCUT2D eigenvalue weighted by Crippen LogP contribution is -2.52. The summed E-state index contributed by atoms with van der Waals surface area (Å²) in [6, 6.07) is 6.87. The summed E-state index contributed by atoms with van der Waals surface area (Å²) < 4.78 is 1.78. The highest BCUT2D eigenvalue weighted by Gasteiger charge is 2.41. The quantitative estimate of drug-likeness (QED) is 0.607. The largest absolute Gasteiger partial charge is 0.388 e. The smallest absolute Gasteiger partial charge is 0.253 e. The monoisotopic (exact) mass is 381 g/mol. The van der Waals surface area contributed by atoms with Crippen molar-refractivity contribution < 1.29 is 9.90 Å². The van der Waals surface area contributed by atoms with Gasteiger partial charge in [0.15, 0.2) is 11.5 Å². The van der Waals surface area contributed by atoms with Crippen molar-refractivity contribution in [1.29, 1.82) is 0 Å². The molecular formula is C19H23N7O2. The van der Waals surface area contributed by atoms with Gasteiger partial charge in [0.25, 0.3) is 5.91 Å². The number of aromatic nitrogens is 4. The molecule has 0 bridgehead atoms. The molecule has 3 heterocycles. The molecule has 2 atom stereocenters. The van der Waals surface area contributed by atoms with E-state index in [9.17, 15) is 9.90 Å². The normalized spacial score (nSPS) is 22.5. The number of likely N-dealkylation sites (tertiary alicyclic amines) is 1. The molecule has 5 N–H and O–H groups in total. The molecule has 2 aromatic heterocycles. The van der Waals surface area contributed by atoms with Crippen LogP contribution in [-0.2, 0) is 6.54 Å². The number of carbonyl (C=O) groups is 1. The lowest BCUT2D eigenvalue weighted by Gasteiger charge is -2.43. The van der Waals surface area contributed by atoms with Crippen molar-refractivity contribution in [2.75, 3.05) is 18.8 Å². The molecule has 1 aliphatic heterocycles. The highest BCUT2D eigenvalue weighted by molar-refractivity contribution is 5.94. The Balaban J connectivity index is 1.65. The number of imidazole rings is 1. The van der Waals surface area contributed by atoms with E-state index < -0.39 is 11.6 Å². The number of nitrogens with two attached hydrogens (primary N) is 2. The van der Waals surface area contributed by atoms with E-state index in [1.54, 1.807) is 34.9 Å². The molecule has 0 unspecified atom stereocenters. The maximum Gasteiger partial charge on any atom is 0.253 e. The number of rotatable bonds is 3. The third kappa shape index (κ3) is 3.08. The second-order valence-corrected chi connectivity index (χ2v) is 7.36. The maximum absolute atomic E-state index is 13.0. The summed E-state index contributed by atoms with van der Waals surface area (Å²) in [5.41, 5.74) is 13.1. The summed E-state index contributed by atoms with van der Waals surface area (Å²) in [6.45, 7) is 3.00. The number of nitrogens with zero attached hydrogens (tertiary/aromatic N) is 5. The molecule has 28 heavy (non-hydrogen) atoms. The molecule has 4 rings (SSSR count). The first-order valence-electron chi connectivity index (χ1n) is 9.14. The van der Waals surface area contributed by atoms with Gasteiger partial charge in [-0.2, -0.15) is 0 Å². The first kappa shape index (κ1) is 18.3. The SMILES string of the molecule is C[C@@]1(O)CCN(C(=O)c2ccc(CN)cc2)C[C@H]1n1cnc2c(N)ncnc21. The molecule has 0 saturated carbocycles. The van der Waals surface area contributed by atoms with Crippen LogP contribution in [0.1, 0.15) is 35.3 Å². The summed E-state index contributed by atoms with van der Waals surface area (Å²) in [4.78, 5) is 27.3. The van der Waals surface area contributed by atoms with E-state index in [1.807, 2.05) is 12.1 Å². The molecule has 1 aromatic carbocycles. The van der Waals surface area contributed by atoms with Gasteiger partial charge in [0.1, 0.15) is 11.8 Å². The van der Waals surface area contributed by atoms with Crippen LogP contribution in [0.15, 0.2) is 36.9 Å². The Morgan fingerprint density at radius 2 is 2.04 bits per heavy atom. The number of carbonyl (C=O) groups excluding carboxylic acids is 1. The first-order chi connectivity index (χ1) is 13.4. The van der Waals surface area contributed by atoms with Crippen molar-refractivity contribution in [2.24, 2.45) is 5.73 Å². The molecule has 1 fully saturated rings. The summed E-state index contributed by atoms with van der Waals surface area (Å²) in [7, 11) is 0. The number of anilines is 1. The fourth-order valence-electron chi connectivity index (χ4n) is 3.66. The van der Waals surface area contributed by atoms with Gasteiger partial charge in [0, 0.05) is 25.2 Å². The van der Waals surface area contributed by atoms with Gasteiger partial charge in [-0.05, 0) is 31.0 Å².